The normalized spacial score (nSPS) is 11.7. The van der Waals surface area contributed by atoms with Gasteiger partial charge in [-0.3, -0.25) is 0 Å². The molecular weight excluding hydrogens is 462 g/mol. The van der Waals surface area contributed by atoms with Crippen molar-refractivity contribution >= 4 is 25.2 Å². The van der Waals surface area contributed by atoms with Crippen LogP contribution in [0, 0.1) is 12.7 Å². The van der Waals surface area contributed by atoms with E-state index in [0.29, 0.717) is 23.5 Å². The number of ether oxygens (including phenoxy) is 2. The maximum absolute atomic E-state index is 13.4. The van der Waals surface area contributed by atoms with Gasteiger partial charge in [0, 0.05) is 0 Å². The van der Waals surface area contributed by atoms with Crippen LogP contribution in [0.3, 0.4) is 0 Å². The van der Waals surface area contributed by atoms with Crippen LogP contribution in [0.15, 0.2) is 36.4 Å². The van der Waals surface area contributed by atoms with E-state index in [1.807, 2.05) is 6.92 Å². The summed E-state index contributed by atoms with van der Waals surface area (Å²) in [4.78, 5) is 24.2. The molecule has 0 saturated carbocycles. The predicted octanol–water partition coefficient (Wildman–Crippen LogP) is 5.26. The van der Waals surface area contributed by atoms with E-state index >= 15 is 0 Å². The fraction of sp³-hybridized carbons (Fsp3) is 0.417. The van der Waals surface area contributed by atoms with Crippen LogP contribution in [0.25, 0.3) is 0 Å². The third kappa shape index (κ3) is 7.70. The topological polar surface area (TPSA) is 72.8 Å². The third-order valence-electron chi connectivity index (χ3n) is 5.16. The summed E-state index contributed by atoms with van der Waals surface area (Å²) in [6.07, 6.45) is 3.06. The second-order valence-corrected chi connectivity index (χ2v) is 12.4. The molecule has 0 aliphatic heterocycles. The molecule has 1 unspecified atom stereocenters. The molecule has 2 rings (SSSR count). The molecule has 2 aromatic carbocycles. The number of carboxylic acids is 1. The van der Waals surface area contributed by atoms with E-state index in [1.54, 1.807) is 38.5 Å². The molecule has 0 saturated heterocycles. The van der Waals surface area contributed by atoms with Crippen molar-refractivity contribution in [3.8, 4) is 11.5 Å². The molecule has 0 radical (unpaired) electrons. The third-order valence-corrected chi connectivity index (χ3v) is 10.5. The van der Waals surface area contributed by atoms with Crippen molar-refractivity contribution in [2.75, 3.05) is 14.2 Å². The molecule has 5 nitrogen and oxygen atoms in total. The summed E-state index contributed by atoms with van der Waals surface area (Å²) >= 11 is -1.95. The predicted molar refractivity (Wildman–Crippen MR) is 120 cm³/mol. The van der Waals surface area contributed by atoms with Gasteiger partial charge in [-0.05, 0) is 0 Å². The molecule has 0 aromatic heterocycles. The number of carbonyl (C=O) groups is 2. The van der Waals surface area contributed by atoms with Gasteiger partial charge in [0.05, 0.1) is 0 Å². The van der Waals surface area contributed by atoms with Crippen molar-refractivity contribution in [2.45, 2.75) is 49.4 Å². The second kappa shape index (κ2) is 12.5. The standard InChI is InChI=1S/C24H30AsFO5/c1-17-21(30-2)15-19(16-22(17)31-3)24(29)25(13-5-4-8-23(27)28)14-6-7-18-9-11-20(26)12-10-18/h9-12,15-16H,4-8,13-14H2,1-3H3,(H,27,28). The van der Waals surface area contributed by atoms with Gasteiger partial charge in [-0.1, -0.05) is 0 Å². The Bertz CT molecular complexity index is 857. The second-order valence-electron chi connectivity index (χ2n) is 7.38. The zero-order chi connectivity index (χ0) is 22.8. The monoisotopic (exact) mass is 492 g/mol. The Labute approximate surface area is 187 Å². The van der Waals surface area contributed by atoms with Gasteiger partial charge < -0.3 is 0 Å². The first-order chi connectivity index (χ1) is 14.8. The van der Waals surface area contributed by atoms with E-state index in [1.165, 1.54) is 12.1 Å². The van der Waals surface area contributed by atoms with Crippen LogP contribution in [0.4, 0.5) is 4.39 Å². The summed E-state index contributed by atoms with van der Waals surface area (Å²) < 4.78 is 24.1. The molecule has 31 heavy (non-hydrogen) atoms. The first kappa shape index (κ1) is 24.9. The average molecular weight is 492 g/mol. The van der Waals surface area contributed by atoms with E-state index in [4.69, 9.17) is 14.6 Å². The number of carbonyl (C=O) groups excluding carboxylic acids is 1. The molecule has 168 valence electrons. The summed E-state index contributed by atoms with van der Waals surface area (Å²) in [5.74, 6) is 0.171. The zero-order valence-corrected chi connectivity index (χ0v) is 20.2. The molecule has 0 amide bonds. The van der Waals surface area contributed by atoms with Crippen molar-refractivity contribution in [1.82, 2.24) is 0 Å². The molecular formula is C24H30AsFO5. The van der Waals surface area contributed by atoms with Crippen molar-refractivity contribution in [1.29, 1.82) is 0 Å². The summed E-state index contributed by atoms with van der Waals surface area (Å²) in [6, 6.07) is 10.0. The molecule has 0 fully saturated rings. The first-order valence-electron chi connectivity index (χ1n) is 10.3. The molecule has 0 aliphatic rings. The molecule has 7 heteroatoms. The van der Waals surface area contributed by atoms with Gasteiger partial charge in [-0.25, -0.2) is 0 Å². The number of rotatable bonds is 13. The van der Waals surface area contributed by atoms with Crippen LogP contribution < -0.4 is 9.47 Å². The number of hydrogen-bond donors (Lipinski definition) is 1. The Balaban J connectivity index is 2.12. The van der Waals surface area contributed by atoms with Gasteiger partial charge in [-0.15, -0.1) is 0 Å². The summed E-state index contributed by atoms with van der Waals surface area (Å²) in [6.45, 7) is 1.88. The number of hydrogen-bond acceptors (Lipinski definition) is 4. The van der Waals surface area contributed by atoms with Gasteiger partial charge in [-0.2, -0.15) is 0 Å². The summed E-state index contributed by atoms with van der Waals surface area (Å²) in [5.41, 5.74) is 2.49. The fourth-order valence-electron chi connectivity index (χ4n) is 3.41. The quantitative estimate of drug-likeness (QED) is 0.305. The molecule has 1 N–H and O–H groups in total. The Morgan fingerprint density at radius 3 is 2.10 bits per heavy atom. The molecule has 0 heterocycles. The molecule has 0 aliphatic carbocycles. The number of aliphatic carboxylic acids is 1. The number of carboxylic acid groups (broad SMARTS) is 1. The fourth-order valence-corrected chi connectivity index (χ4v) is 8.17. The SMILES string of the molecule is COc1cc(C(=O)[As](CCCCC(=O)O)CCCc2ccc(F)cc2)cc(OC)c1C. The average Bonchev–Trinajstić information content (AvgIpc) is 2.76. The van der Waals surface area contributed by atoms with Crippen molar-refractivity contribution in [3.05, 3.63) is 58.9 Å². The molecule has 1 atom stereocenters. The Kier molecular flexibility index (Phi) is 10.1. The number of methoxy groups -OCH3 is 2. The summed E-state index contributed by atoms with van der Waals surface area (Å²) in [5, 5.41) is 10.5. The number of aryl methyl sites for hydroxylation is 1. The van der Waals surface area contributed by atoms with Gasteiger partial charge in [0.2, 0.25) is 0 Å². The van der Waals surface area contributed by atoms with Crippen LogP contribution in [0.5, 0.6) is 11.5 Å². The zero-order valence-electron chi connectivity index (χ0n) is 18.3. The number of halogens is 1. The van der Waals surface area contributed by atoms with E-state index in [-0.39, 0.29) is 16.8 Å². The van der Waals surface area contributed by atoms with E-state index in [2.05, 4.69) is 0 Å². The molecule has 0 bridgehead atoms. The van der Waals surface area contributed by atoms with Gasteiger partial charge >= 0.3 is 188 Å². The summed E-state index contributed by atoms with van der Waals surface area (Å²) in [7, 11) is 3.14. The van der Waals surface area contributed by atoms with Gasteiger partial charge in [0.15, 0.2) is 0 Å². The van der Waals surface area contributed by atoms with Crippen molar-refractivity contribution in [2.24, 2.45) is 0 Å². The molecule has 2 aromatic rings. The van der Waals surface area contributed by atoms with Crippen molar-refractivity contribution in [3.63, 3.8) is 0 Å². The number of unbranched alkanes of at least 4 members (excludes halogenated alkanes) is 1. The van der Waals surface area contributed by atoms with Crippen LogP contribution in [0.2, 0.25) is 10.4 Å². The van der Waals surface area contributed by atoms with E-state index in [9.17, 15) is 14.0 Å². The van der Waals surface area contributed by atoms with Crippen LogP contribution >= 0.6 is 0 Å². The maximum atomic E-state index is 13.4. The Morgan fingerprint density at radius 2 is 1.55 bits per heavy atom. The van der Waals surface area contributed by atoms with Gasteiger partial charge in [0.1, 0.15) is 0 Å². The van der Waals surface area contributed by atoms with E-state index in [0.717, 1.165) is 40.8 Å². The van der Waals surface area contributed by atoms with Crippen molar-refractivity contribution < 1.29 is 28.6 Å². The van der Waals surface area contributed by atoms with Crippen LogP contribution in [-0.2, 0) is 11.2 Å². The number of benzene rings is 2. The first-order valence-corrected chi connectivity index (χ1v) is 13.9. The minimum absolute atomic E-state index is 0.123. The van der Waals surface area contributed by atoms with E-state index < -0.39 is 20.6 Å². The Morgan fingerprint density at radius 1 is 0.968 bits per heavy atom. The molecule has 0 spiro atoms. The van der Waals surface area contributed by atoms with Gasteiger partial charge in [0.25, 0.3) is 0 Å². The Hall–Kier alpha value is -2.33. The van der Waals surface area contributed by atoms with Crippen LogP contribution in [0.1, 0.15) is 47.2 Å². The van der Waals surface area contributed by atoms with Crippen LogP contribution in [-0.4, -0.2) is 44.5 Å². The minimum atomic E-state index is -1.95.